The number of aromatic nitrogens is 3. The fourth-order valence-corrected chi connectivity index (χ4v) is 2.03. The summed E-state index contributed by atoms with van der Waals surface area (Å²) in [7, 11) is 0. The van der Waals surface area contributed by atoms with Gasteiger partial charge in [-0.2, -0.15) is 0 Å². The molecule has 2 aromatic heterocycles. The molecule has 0 saturated heterocycles. The molecule has 1 N–H and O–H groups in total. The maximum atomic E-state index is 12.3. The summed E-state index contributed by atoms with van der Waals surface area (Å²) < 4.78 is 6.08. The van der Waals surface area contributed by atoms with Gasteiger partial charge in [0.05, 0.1) is 12.1 Å². The Labute approximate surface area is 114 Å². The summed E-state index contributed by atoms with van der Waals surface area (Å²) in [5, 5.41) is 0. The molecule has 7 heteroatoms. The van der Waals surface area contributed by atoms with Crippen molar-refractivity contribution in [2.75, 3.05) is 0 Å². The molecule has 0 aliphatic heterocycles. The van der Waals surface area contributed by atoms with E-state index in [2.05, 4.69) is 9.97 Å². The van der Waals surface area contributed by atoms with Crippen molar-refractivity contribution in [3.63, 3.8) is 0 Å². The van der Waals surface area contributed by atoms with Gasteiger partial charge in [0.15, 0.2) is 5.52 Å². The van der Waals surface area contributed by atoms with Crippen LogP contribution in [0.1, 0.15) is 20.8 Å². The van der Waals surface area contributed by atoms with E-state index in [9.17, 15) is 14.4 Å². The fourth-order valence-electron chi connectivity index (χ4n) is 2.03. The van der Waals surface area contributed by atoms with Crippen LogP contribution in [0.3, 0.4) is 0 Å². The molecular formula is C13H15N3O4. The summed E-state index contributed by atoms with van der Waals surface area (Å²) in [5.74, 6) is -0.474. The lowest BCUT2D eigenvalue weighted by Crippen LogP contribution is -2.43. The topological polar surface area (TPSA) is 94.1 Å². The number of ether oxygens (including phenoxy) is 1. The molecule has 20 heavy (non-hydrogen) atoms. The number of fused-ring (bicyclic) bond motifs is 1. The smallest absolute Gasteiger partial charge is 0.329 e. The molecule has 2 heterocycles. The van der Waals surface area contributed by atoms with Crippen LogP contribution in [0, 0.1) is 0 Å². The summed E-state index contributed by atoms with van der Waals surface area (Å²) in [6, 6.07) is 3.23. The molecule has 0 fully saturated rings. The summed E-state index contributed by atoms with van der Waals surface area (Å²) >= 11 is 0. The Morgan fingerprint density at radius 2 is 2.15 bits per heavy atom. The van der Waals surface area contributed by atoms with Crippen LogP contribution in [0.4, 0.5) is 0 Å². The molecule has 0 atom stereocenters. The molecule has 0 aliphatic rings. The first-order valence-corrected chi connectivity index (χ1v) is 6.07. The molecule has 0 amide bonds. The maximum Gasteiger partial charge on any atom is 0.329 e. The third-order valence-corrected chi connectivity index (χ3v) is 2.70. The van der Waals surface area contributed by atoms with Crippen molar-refractivity contribution < 1.29 is 9.53 Å². The second kappa shape index (κ2) is 4.92. The third-order valence-electron chi connectivity index (χ3n) is 2.70. The normalized spacial score (nSPS) is 11.6. The quantitative estimate of drug-likeness (QED) is 0.821. The van der Waals surface area contributed by atoms with E-state index in [0.717, 1.165) is 4.57 Å². The van der Waals surface area contributed by atoms with Crippen LogP contribution in [-0.2, 0) is 16.1 Å². The zero-order valence-electron chi connectivity index (χ0n) is 11.5. The summed E-state index contributed by atoms with van der Waals surface area (Å²) in [6.07, 6.45) is 1.48. The second-order valence-electron chi connectivity index (χ2n) is 5.07. The first kappa shape index (κ1) is 14.0. The summed E-state index contributed by atoms with van der Waals surface area (Å²) in [5.41, 5.74) is -1.49. The highest BCUT2D eigenvalue weighted by molar-refractivity contribution is 5.71. The Hall–Kier alpha value is -2.44. The Morgan fingerprint density at radius 1 is 1.45 bits per heavy atom. The van der Waals surface area contributed by atoms with Crippen molar-refractivity contribution in [1.29, 1.82) is 0 Å². The number of nitrogens with zero attached hydrogens (tertiary/aromatic N) is 2. The molecular weight excluding hydrogens is 262 g/mol. The van der Waals surface area contributed by atoms with Gasteiger partial charge in [-0.1, -0.05) is 0 Å². The van der Waals surface area contributed by atoms with Crippen molar-refractivity contribution >= 4 is 17.0 Å². The minimum absolute atomic E-state index is 0.0484. The van der Waals surface area contributed by atoms with E-state index in [1.807, 2.05) is 0 Å². The molecule has 106 valence electrons. The number of aromatic amines is 1. The summed E-state index contributed by atoms with van der Waals surface area (Å²) in [4.78, 5) is 41.8. The number of hydrogen-bond donors (Lipinski definition) is 1. The molecule has 0 spiro atoms. The molecule has 0 bridgehead atoms. The van der Waals surface area contributed by atoms with Crippen LogP contribution in [0.2, 0.25) is 0 Å². The van der Waals surface area contributed by atoms with Crippen LogP contribution in [0.25, 0.3) is 11.0 Å². The zero-order valence-corrected chi connectivity index (χ0v) is 11.5. The van der Waals surface area contributed by atoms with Gasteiger partial charge in [-0.25, -0.2) is 9.78 Å². The highest BCUT2D eigenvalue weighted by atomic mass is 16.6. The van der Waals surface area contributed by atoms with Gasteiger partial charge in [0.25, 0.3) is 5.56 Å². The lowest BCUT2D eigenvalue weighted by Gasteiger charge is -2.24. The Kier molecular flexibility index (Phi) is 3.44. The minimum atomic E-state index is -0.967. The van der Waals surface area contributed by atoms with Gasteiger partial charge < -0.3 is 9.72 Å². The highest BCUT2D eigenvalue weighted by Crippen LogP contribution is 2.11. The van der Waals surface area contributed by atoms with Gasteiger partial charge in [0.2, 0.25) is 0 Å². The molecule has 0 radical (unpaired) electrons. The number of H-pyrrole nitrogens is 1. The van der Waals surface area contributed by atoms with Crippen LogP contribution < -0.4 is 11.2 Å². The van der Waals surface area contributed by atoms with E-state index in [0.29, 0.717) is 5.52 Å². The Morgan fingerprint density at radius 3 is 2.80 bits per heavy atom. The minimum Gasteiger partial charge on any atom is -0.458 e. The van der Waals surface area contributed by atoms with E-state index in [-0.39, 0.29) is 12.1 Å². The number of nitrogens with one attached hydrogen (secondary N) is 1. The van der Waals surface area contributed by atoms with Crippen molar-refractivity contribution in [2.24, 2.45) is 0 Å². The molecule has 0 unspecified atom stereocenters. The van der Waals surface area contributed by atoms with Gasteiger partial charge in [0, 0.05) is 13.1 Å². The van der Waals surface area contributed by atoms with E-state index < -0.39 is 22.8 Å². The Bertz CT molecular complexity index is 773. The summed E-state index contributed by atoms with van der Waals surface area (Å²) in [6.45, 7) is 4.48. The average molecular weight is 277 g/mol. The van der Waals surface area contributed by atoms with Crippen LogP contribution in [0.15, 0.2) is 27.9 Å². The molecule has 0 saturated carbocycles. The van der Waals surface area contributed by atoms with E-state index >= 15 is 0 Å². The monoisotopic (exact) mass is 277 g/mol. The molecule has 0 aliphatic carbocycles. The maximum absolute atomic E-state index is 12.3. The third kappa shape index (κ3) is 2.76. The largest absolute Gasteiger partial charge is 0.458 e. The van der Waals surface area contributed by atoms with Gasteiger partial charge >= 0.3 is 11.7 Å². The number of pyridine rings is 1. The number of carbonyl (C=O) groups is 1. The molecule has 2 rings (SSSR count). The zero-order chi connectivity index (χ0) is 14.9. The number of carbonyl (C=O) groups excluding carboxylic acids is 1. The molecule has 2 aromatic rings. The predicted octanol–water partition coefficient (Wildman–Crippen LogP) is 0.427. The van der Waals surface area contributed by atoms with Crippen molar-refractivity contribution in [2.45, 2.75) is 32.9 Å². The van der Waals surface area contributed by atoms with E-state index in [1.54, 1.807) is 26.0 Å². The standard InChI is InChI=1S/C13H15N3O4/c1-8(17)20-13(2,3)7-16-11(18)10-9(15-12(16)19)5-4-6-14-10/h4-6H,7H2,1-3H3,(H,15,19). The van der Waals surface area contributed by atoms with Crippen LogP contribution >= 0.6 is 0 Å². The second-order valence-corrected chi connectivity index (χ2v) is 5.07. The predicted molar refractivity (Wildman–Crippen MR) is 72.5 cm³/mol. The lowest BCUT2D eigenvalue weighted by atomic mass is 10.1. The van der Waals surface area contributed by atoms with Crippen LogP contribution in [0.5, 0.6) is 0 Å². The first-order valence-electron chi connectivity index (χ1n) is 6.07. The van der Waals surface area contributed by atoms with Crippen molar-refractivity contribution in [1.82, 2.24) is 14.5 Å². The Balaban J connectivity index is 2.53. The van der Waals surface area contributed by atoms with Crippen LogP contribution in [-0.4, -0.2) is 26.1 Å². The number of rotatable bonds is 3. The van der Waals surface area contributed by atoms with E-state index in [4.69, 9.17) is 4.74 Å². The SMILES string of the molecule is CC(=O)OC(C)(C)Cn1c(=O)[nH]c2cccnc2c1=O. The molecule has 0 aromatic carbocycles. The van der Waals surface area contributed by atoms with Gasteiger partial charge in [-0.05, 0) is 26.0 Å². The van der Waals surface area contributed by atoms with Gasteiger partial charge in [-0.15, -0.1) is 0 Å². The number of hydrogen-bond acceptors (Lipinski definition) is 5. The fraction of sp³-hybridized carbons (Fsp3) is 0.385. The van der Waals surface area contributed by atoms with Crippen molar-refractivity contribution in [3.05, 3.63) is 39.2 Å². The lowest BCUT2D eigenvalue weighted by molar-refractivity contribution is -0.154. The van der Waals surface area contributed by atoms with Crippen molar-refractivity contribution in [3.8, 4) is 0 Å². The first-order chi connectivity index (χ1) is 9.30. The highest BCUT2D eigenvalue weighted by Gasteiger charge is 2.24. The molecule has 7 nitrogen and oxygen atoms in total. The average Bonchev–Trinajstić information content (AvgIpc) is 2.33. The van der Waals surface area contributed by atoms with Gasteiger partial charge in [0.1, 0.15) is 5.60 Å². The van der Waals surface area contributed by atoms with E-state index in [1.165, 1.54) is 13.1 Å². The number of esters is 1. The van der Waals surface area contributed by atoms with Gasteiger partial charge in [-0.3, -0.25) is 14.2 Å².